The first-order chi connectivity index (χ1) is 13.4. The average molecular weight is 389 g/mol. The van der Waals surface area contributed by atoms with E-state index < -0.39 is 4.92 Å². The van der Waals surface area contributed by atoms with Gasteiger partial charge in [0.05, 0.1) is 24.2 Å². The number of anilines is 1. The van der Waals surface area contributed by atoms with Crippen molar-refractivity contribution in [2.45, 2.75) is 26.3 Å². The van der Waals surface area contributed by atoms with E-state index in [1.54, 1.807) is 32.2 Å². The van der Waals surface area contributed by atoms with E-state index in [2.05, 4.69) is 10.3 Å². The highest BCUT2D eigenvalue weighted by Gasteiger charge is 2.27. The first-order valence-corrected chi connectivity index (χ1v) is 8.66. The zero-order chi connectivity index (χ0) is 20.7. The third-order valence-corrected chi connectivity index (χ3v) is 4.05. The molecule has 0 aliphatic carbocycles. The number of aryl methyl sites for hydroxylation is 1. The Morgan fingerprint density at radius 2 is 2.11 bits per heavy atom. The fourth-order valence-corrected chi connectivity index (χ4v) is 2.67. The first kappa shape index (κ1) is 21.1. The second-order valence-corrected chi connectivity index (χ2v) is 6.03. The van der Waals surface area contributed by atoms with Crippen molar-refractivity contribution in [2.24, 2.45) is 0 Å². The van der Waals surface area contributed by atoms with Crippen LogP contribution >= 0.6 is 0 Å². The summed E-state index contributed by atoms with van der Waals surface area (Å²) in [5.74, 6) is 0.103. The van der Waals surface area contributed by atoms with Gasteiger partial charge in [-0.25, -0.2) is 4.98 Å². The monoisotopic (exact) mass is 389 g/mol. The molecule has 0 bridgehead atoms. The summed E-state index contributed by atoms with van der Waals surface area (Å²) in [5, 5.41) is 14.9. The van der Waals surface area contributed by atoms with Gasteiger partial charge in [-0.2, -0.15) is 0 Å². The minimum atomic E-state index is -0.570. The number of para-hydroxylation sites is 1. The van der Waals surface area contributed by atoms with Crippen molar-refractivity contribution in [3.05, 3.63) is 45.6 Å². The fraction of sp³-hybridized carbons (Fsp3) is 0.368. The number of rotatable bonds is 10. The maximum atomic E-state index is 11.8. The van der Waals surface area contributed by atoms with E-state index >= 15 is 0 Å². The van der Waals surface area contributed by atoms with Crippen LogP contribution in [0.1, 0.15) is 29.4 Å². The van der Waals surface area contributed by atoms with Crippen LogP contribution in [-0.2, 0) is 4.74 Å². The third kappa shape index (κ3) is 4.74. The number of hydrogen-bond donors (Lipinski definition) is 1. The number of aldehydes is 1. The van der Waals surface area contributed by atoms with Gasteiger partial charge in [0.1, 0.15) is 5.69 Å². The van der Waals surface area contributed by atoms with Crippen LogP contribution in [-0.4, -0.2) is 43.1 Å². The largest absolute Gasteiger partial charge is 0.493 e. The number of pyridine rings is 1. The van der Waals surface area contributed by atoms with Crippen LogP contribution in [0.15, 0.2) is 24.3 Å². The molecule has 1 aromatic carbocycles. The summed E-state index contributed by atoms with van der Waals surface area (Å²) < 4.78 is 16.1. The second kappa shape index (κ2) is 9.65. The SMILES string of the molecule is CCC(COC)Nc1cc(C)nc(Oc2c(C=O)cccc2OC)c1[N+](=O)[O-]. The predicted molar refractivity (Wildman–Crippen MR) is 104 cm³/mol. The van der Waals surface area contributed by atoms with Gasteiger partial charge in [-0.1, -0.05) is 13.0 Å². The lowest BCUT2D eigenvalue weighted by Gasteiger charge is -2.19. The number of aromatic nitrogens is 1. The maximum Gasteiger partial charge on any atom is 0.354 e. The molecule has 1 aromatic heterocycles. The summed E-state index contributed by atoms with van der Waals surface area (Å²) >= 11 is 0. The zero-order valence-electron chi connectivity index (χ0n) is 16.2. The number of carbonyl (C=O) groups excluding carboxylic acids is 1. The molecule has 28 heavy (non-hydrogen) atoms. The minimum Gasteiger partial charge on any atom is -0.493 e. The molecule has 1 N–H and O–H groups in total. The Morgan fingerprint density at radius 1 is 1.36 bits per heavy atom. The van der Waals surface area contributed by atoms with E-state index in [-0.39, 0.29) is 40.4 Å². The van der Waals surface area contributed by atoms with Crippen LogP contribution in [0.5, 0.6) is 17.4 Å². The number of benzene rings is 1. The quantitative estimate of drug-likeness (QED) is 0.371. The van der Waals surface area contributed by atoms with E-state index in [1.807, 2.05) is 6.92 Å². The van der Waals surface area contributed by atoms with E-state index in [1.165, 1.54) is 13.2 Å². The summed E-state index contributed by atoms with van der Waals surface area (Å²) in [6.07, 6.45) is 1.29. The first-order valence-electron chi connectivity index (χ1n) is 8.66. The number of nitro groups is 1. The lowest BCUT2D eigenvalue weighted by Crippen LogP contribution is -2.24. The van der Waals surface area contributed by atoms with Crippen molar-refractivity contribution in [3.63, 3.8) is 0 Å². The summed E-state index contributed by atoms with van der Waals surface area (Å²) in [7, 11) is 2.98. The summed E-state index contributed by atoms with van der Waals surface area (Å²) in [5.41, 5.74) is 0.636. The van der Waals surface area contributed by atoms with Gasteiger partial charge in [-0.05, 0) is 31.5 Å². The third-order valence-electron chi connectivity index (χ3n) is 4.05. The lowest BCUT2D eigenvalue weighted by atomic mass is 10.2. The van der Waals surface area contributed by atoms with Gasteiger partial charge < -0.3 is 19.5 Å². The Morgan fingerprint density at radius 3 is 2.68 bits per heavy atom. The molecule has 2 aromatic rings. The molecule has 0 radical (unpaired) electrons. The van der Waals surface area contributed by atoms with Crippen molar-refractivity contribution >= 4 is 17.7 Å². The van der Waals surface area contributed by atoms with E-state index in [0.717, 1.165) is 0 Å². The molecule has 1 atom stereocenters. The number of nitrogens with zero attached hydrogens (tertiary/aromatic N) is 2. The smallest absolute Gasteiger partial charge is 0.354 e. The molecule has 1 heterocycles. The van der Waals surface area contributed by atoms with E-state index in [4.69, 9.17) is 14.2 Å². The van der Waals surface area contributed by atoms with Gasteiger partial charge in [0.15, 0.2) is 17.8 Å². The van der Waals surface area contributed by atoms with E-state index in [9.17, 15) is 14.9 Å². The average Bonchev–Trinajstić information content (AvgIpc) is 2.67. The standard InChI is InChI=1S/C19H23N3O6/c1-5-14(11-26-3)21-15-9-12(2)20-19(17(15)22(24)25)28-18-13(10-23)7-6-8-16(18)27-4/h6-10,14H,5,11H2,1-4H3,(H,20,21). The molecule has 0 saturated heterocycles. The van der Waals surface area contributed by atoms with Crippen molar-refractivity contribution in [2.75, 3.05) is 26.1 Å². The molecule has 0 aliphatic rings. The molecule has 9 heteroatoms. The van der Waals surface area contributed by atoms with Gasteiger partial charge in [-0.3, -0.25) is 14.9 Å². The van der Waals surface area contributed by atoms with Crippen LogP contribution in [0.2, 0.25) is 0 Å². The number of nitrogens with one attached hydrogen (secondary N) is 1. The van der Waals surface area contributed by atoms with Crippen LogP contribution < -0.4 is 14.8 Å². The Labute approximate surface area is 162 Å². The molecule has 0 amide bonds. The Hall–Kier alpha value is -3.20. The minimum absolute atomic E-state index is 0.0658. The molecular formula is C19H23N3O6. The van der Waals surface area contributed by atoms with Crippen molar-refractivity contribution in [1.82, 2.24) is 4.98 Å². The Bertz CT molecular complexity index is 856. The van der Waals surface area contributed by atoms with Crippen molar-refractivity contribution in [1.29, 1.82) is 0 Å². The predicted octanol–water partition coefficient (Wildman–Crippen LogP) is 3.75. The summed E-state index contributed by atoms with van der Waals surface area (Å²) in [4.78, 5) is 26.8. The van der Waals surface area contributed by atoms with Crippen molar-refractivity contribution < 1.29 is 23.9 Å². The van der Waals surface area contributed by atoms with Gasteiger partial charge in [-0.15, -0.1) is 0 Å². The Balaban J connectivity index is 2.56. The molecule has 9 nitrogen and oxygen atoms in total. The molecule has 2 rings (SSSR count). The van der Waals surface area contributed by atoms with Gasteiger partial charge in [0.25, 0.3) is 0 Å². The summed E-state index contributed by atoms with van der Waals surface area (Å²) in [6, 6.07) is 6.19. The molecule has 0 fully saturated rings. The van der Waals surface area contributed by atoms with Crippen LogP contribution in [0.4, 0.5) is 11.4 Å². The summed E-state index contributed by atoms with van der Waals surface area (Å²) in [6.45, 7) is 4.02. The zero-order valence-corrected chi connectivity index (χ0v) is 16.2. The maximum absolute atomic E-state index is 11.8. The van der Waals surface area contributed by atoms with Crippen molar-refractivity contribution in [3.8, 4) is 17.4 Å². The van der Waals surface area contributed by atoms with Crippen LogP contribution in [0.25, 0.3) is 0 Å². The van der Waals surface area contributed by atoms with Crippen LogP contribution in [0, 0.1) is 17.0 Å². The van der Waals surface area contributed by atoms with Gasteiger partial charge in [0.2, 0.25) is 0 Å². The normalized spacial score (nSPS) is 11.6. The number of hydrogen-bond acceptors (Lipinski definition) is 8. The van der Waals surface area contributed by atoms with Crippen LogP contribution in [0.3, 0.4) is 0 Å². The number of carbonyl (C=O) groups is 1. The van der Waals surface area contributed by atoms with Gasteiger partial charge >= 0.3 is 11.6 Å². The number of ether oxygens (including phenoxy) is 3. The molecule has 0 spiro atoms. The molecule has 1 unspecified atom stereocenters. The number of methoxy groups -OCH3 is 2. The fourth-order valence-electron chi connectivity index (χ4n) is 2.67. The molecule has 0 saturated carbocycles. The molecule has 0 aliphatic heterocycles. The Kier molecular flexibility index (Phi) is 7.28. The van der Waals surface area contributed by atoms with E-state index in [0.29, 0.717) is 25.0 Å². The highest BCUT2D eigenvalue weighted by molar-refractivity contribution is 5.81. The molecular weight excluding hydrogens is 366 g/mol. The topological polar surface area (TPSA) is 113 Å². The second-order valence-electron chi connectivity index (χ2n) is 6.03. The molecule has 150 valence electrons. The lowest BCUT2D eigenvalue weighted by molar-refractivity contribution is -0.385. The highest BCUT2D eigenvalue weighted by Crippen LogP contribution is 2.40. The highest BCUT2D eigenvalue weighted by atomic mass is 16.6. The van der Waals surface area contributed by atoms with Gasteiger partial charge in [0, 0.05) is 18.8 Å².